The highest BCUT2D eigenvalue weighted by molar-refractivity contribution is 7.15. The average Bonchev–Trinajstić information content (AvgIpc) is 2.87. The van der Waals surface area contributed by atoms with Gasteiger partial charge in [0.25, 0.3) is 0 Å². The van der Waals surface area contributed by atoms with Gasteiger partial charge in [0.2, 0.25) is 5.13 Å². The van der Waals surface area contributed by atoms with Crippen molar-refractivity contribution in [2.24, 2.45) is 5.41 Å². The van der Waals surface area contributed by atoms with Crippen LogP contribution in [0.5, 0.6) is 0 Å². The predicted molar refractivity (Wildman–Crippen MR) is 73.3 cm³/mol. The number of anilines is 1. The normalized spacial score (nSPS) is 22.8. The molecule has 3 rings (SSSR count). The maximum Gasteiger partial charge on any atom is 0.208 e. The van der Waals surface area contributed by atoms with E-state index in [9.17, 15) is 0 Å². The number of aromatic nitrogens is 2. The number of hydrogen-bond acceptors (Lipinski definition) is 5. The number of rotatable bonds is 1. The summed E-state index contributed by atoms with van der Waals surface area (Å²) in [5, 5.41) is 14.0. The van der Waals surface area contributed by atoms with Crippen LogP contribution in [0.15, 0.2) is 0 Å². The van der Waals surface area contributed by atoms with Crippen LogP contribution in [0.4, 0.5) is 5.13 Å². The van der Waals surface area contributed by atoms with Gasteiger partial charge in [-0.1, -0.05) is 11.3 Å². The van der Waals surface area contributed by atoms with Crippen LogP contribution in [0.3, 0.4) is 0 Å². The van der Waals surface area contributed by atoms with Gasteiger partial charge in [-0.3, -0.25) is 0 Å². The maximum atomic E-state index is 4.25. The molecule has 0 unspecified atom stereocenters. The first kappa shape index (κ1) is 13.1. The van der Waals surface area contributed by atoms with Crippen molar-refractivity contribution >= 4 is 28.9 Å². The van der Waals surface area contributed by atoms with Crippen LogP contribution < -0.4 is 10.2 Å². The Labute approximate surface area is 112 Å². The summed E-state index contributed by atoms with van der Waals surface area (Å²) in [5.41, 5.74) is 0.560. The summed E-state index contributed by atoms with van der Waals surface area (Å²) < 4.78 is 0. The zero-order chi connectivity index (χ0) is 11.0. The van der Waals surface area contributed by atoms with Crippen LogP contribution in [0.2, 0.25) is 0 Å². The summed E-state index contributed by atoms with van der Waals surface area (Å²) in [6.07, 6.45) is 3.97. The second kappa shape index (κ2) is 5.08. The van der Waals surface area contributed by atoms with Crippen molar-refractivity contribution < 1.29 is 0 Å². The van der Waals surface area contributed by atoms with Gasteiger partial charge in [0.05, 0.1) is 0 Å². The molecule has 3 heterocycles. The monoisotopic (exact) mass is 274 g/mol. The lowest BCUT2D eigenvalue weighted by atomic mass is 9.78. The minimum absolute atomic E-state index is 0. The highest BCUT2D eigenvalue weighted by Crippen LogP contribution is 2.40. The summed E-state index contributed by atoms with van der Waals surface area (Å²) in [6.45, 7) is 6.74. The molecule has 96 valence electrons. The second-order valence-corrected chi connectivity index (χ2v) is 6.19. The van der Waals surface area contributed by atoms with E-state index in [1.54, 1.807) is 11.3 Å². The van der Waals surface area contributed by atoms with Crippen molar-refractivity contribution in [3.63, 3.8) is 0 Å². The van der Waals surface area contributed by atoms with E-state index in [0.717, 1.165) is 16.7 Å². The molecule has 1 spiro atoms. The highest BCUT2D eigenvalue weighted by atomic mass is 35.5. The van der Waals surface area contributed by atoms with Crippen molar-refractivity contribution in [3.05, 3.63) is 5.01 Å². The Hall–Kier alpha value is -0.390. The maximum absolute atomic E-state index is 4.25. The van der Waals surface area contributed by atoms with E-state index in [1.165, 1.54) is 38.9 Å². The number of nitrogens with one attached hydrogen (secondary N) is 1. The lowest BCUT2D eigenvalue weighted by molar-refractivity contribution is 0.232. The van der Waals surface area contributed by atoms with E-state index in [1.807, 2.05) is 6.92 Å². The summed E-state index contributed by atoms with van der Waals surface area (Å²) in [6, 6.07) is 0. The molecule has 0 radical (unpaired) electrons. The summed E-state index contributed by atoms with van der Waals surface area (Å²) in [4.78, 5) is 2.43. The molecule has 2 fully saturated rings. The van der Waals surface area contributed by atoms with E-state index in [-0.39, 0.29) is 12.4 Å². The molecule has 17 heavy (non-hydrogen) atoms. The molecule has 0 atom stereocenters. The Kier molecular flexibility index (Phi) is 3.90. The lowest BCUT2D eigenvalue weighted by Crippen LogP contribution is -2.38. The summed E-state index contributed by atoms with van der Waals surface area (Å²) in [5.74, 6) is 0. The van der Waals surface area contributed by atoms with Crippen molar-refractivity contribution in [2.45, 2.75) is 26.2 Å². The van der Waals surface area contributed by atoms with Gasteiger partial charge in [0.1, 0.15) is 5.01 Å². The van der Waals surface area contributed by atoms with Crippen LogP contribution in [0.1, 0.15) is 24.3 Å². The van der Waals surface area contributed by atoms with Crippen LogP contribution in [0.25, 0.3) is 0 Å². The largest absolute Gasteiger partial charge is 0.346 e. The molecule has 0 aromatic carbocycles. The number of nitrogens with zero attached hydrogens (tertiary/aromatic N) is 3. The quantitative estimate of drug-likeness (QED) is 0.849. The molecular weight excluding hydrogens is 256 g/mol. The first-order valence-corrected chi connectivity index (χ1v) is 6.85. The Morgan fingerprint density at radius 3 is 2.65 bits per heavy atom. The lowest BCUT2D eigenvalue weighted by Gasteiger charge is -2.33. The molecular formula is C11H19ClN4S. The minimum Gasteiger partial charge on any atom is -0.346 e. The predicted octanol–water partition coefficient (Wildman–Crippen LogP) is 1.85. The number of piperidine rings is 1. The summed E-state index contributed by atoms with van der Waals surface area (Å²) in [7, 11) is 0. The third kappa shape index (κ3) is 2.56. The minimum atomic E-state index is 0. The van der Waals surface area contributed by atoms with Gasteiger partial charge in [-0.15, -0.1) is 22.6 Å². The zero-order valence-electron chi connectivity index (χ0n) is 10.1. The van der Waals surface area contributed by atoms with E-state index in [4.69, 9.17) is 0 Å². The third-order valence-corrected chi connectivity index (χ3v) is 4.79. The van der Waals surface area contributed by atoms with Gasteiger partial charge >= 0.3 is 0 Å². The molecule has 0 bridgehead atoms. The molecule has 1 N–H and O–H groups in total. The smallest absolute Gasteiger partial charge is 0.208 e. The molecule has 4 nitrogen and oxygen atoms in total. The van der Waals surface area contributed by atoms with Gasteiger partial charge in [0, 0.05) is 13.1 Å². The van der Waals surface area contributed by atoms with Crippen molar-refractivity contribution in [2.75, 3.05) is 31.1 Å². The molecule has 0 aliphatic carbocycles. The topological polar surface area (TPSA) is 41.1 Å². The van der Waals surface area contributed by atoms with E-state index >= 15 is 0 Å². The van der Waals surface area contributed by atoms with E-state index in [0.29, 0.717) is 5.41 Å². The zero-order valence-corrected chi connectivity index (χ0v) is 11.7. The molecule has 2 aliphatic rings. The van der Waals surface area contributed by atoms with Gasteiger partial charge in [-0.2, -0.15) is 0 Å². The van der Waals surface area contributed by atoms with Crippen LogP contribution in [0, 0.1) is 12.3 Å². The van der Waals surface area contributed by atoms with Crippen molar-refractivity contribution in [1.82, 2.24) is 15.5 Å². The van der Waals surface area contributed by atoms with Gasteiger partial charge in [0.15, 0.2) is 0 Å². The molecule has 1 aromatic heterocycles. The van der Waals surface area contributed by atoms with Gasteiger partial charge in [-0.05, 0) is 44.7 Å². The molecule has 2 saturated heterocycles. The Morgan fingerprint density at radius 1 is 1.24 bits per heavy atom. The standard InChI is InChI=1S/C11H18N4S.ClH/c1-9-13-14-10(16-9)15-7-4-11(8-15)2-5-12-6-3-11;/h12H,2-8H2,1H3;1H. The van der Waals surface area contributed by atoms with Gasteiger partial charge < -0.3 is 10.2 Å². The summed E-state index contributed by atoms with van der Waals surface area (Å²) >= 11 is 1.72. The number of hydrogen-bond donors (Lipinski definition) is 1. The van der Waals surface area contributed by atoms with Crippen LogP contribution in [-0.4, -0.2) is 36.4 Å². The second-order valence-electron chi connectivity index (χ2n) is 5.03. The first-order valence-electron chi connectivity index (χ1n) is 6.03. The molecule has 0 amide bonds. The third-order valence-electron chi connectivity index (χ3n) is 3.89. The van der Waals surface area contributed by atoms with Crippen molar-refractivity contribution in [3.8, 4) is 0 Å². The van der Waals surface area contributed by atoms with E-state index < -0.39 is 0 Å². The fourth-order valence-electron chi connectivity index (χ4n) is 2.88. The van der Waals surface area contributed by atoms with Gasteiger partial charge in [-0.25, -0.2) is 0 Å². The fraction of sp³-hybridized carbons (Fsp3) is 0.818. The SMILES string of the molecule is Cc1nnc(N2CCC3(CCNCC3)C2)s1.Cl. The number of aryl methyl sites for hydroxylation is 1. The molecule has 6 heteroatoms. The van der Waals surface area contributed by atoms with Crippen LogP contribution in [-0.2, 0) is 0 Å². The fourth-order valence-corrected chi connectivity index (χ4v) is 3.59. The van der Waals surface area contributed by atoms with Crippen molar-refractivity contribution in [1.29, 1.82) is 0 Å². The molecule has 0 saturated carbocycles. The Bertz CT molecular complexity index is 375. The highest BCUT2D eigenvalue weighted by Gasteiger charge is 2.39. The van der Waals surface area contributed by atoms with E-state index in [2.05, 4.69) is 20.4 Å². The molecule has 2 aliphatic heterocycles. The average molecular weight is 275 g/mol. The first-order chi connectivity index (χ1) is 7.77. The Balaban J connectivity index is 0.00000108. The number of halogens is 1. The van der Waals surface area contributed by atoms with Crippen LogP contribution >= 0.6 is 23.7 Å². The Morgan fingerprint density at radius 2 is 2.00 bits per heavy atom. The molecule has 1 aromatic rings.